The maximum atomic E-state index is 10.8. The number of nitrogens with zero attached hydrogens (tertiary/aromatic N) is 1. The van der Waals surface area contributed by atoms with Crippen molar-refractivity contribution < 1.29 is 9.90 Å². The first-order valence-corrected chi connectivity index (χ1v) is 6.69. The maximum absolute atomic E-state index is 10.8. The summed E-state index contributed by atoms with van der Waals surface area (Å²) in [6.45, 7) is 4.04. The number of aliphatic carboxylic acids is 1. The largest absolute Gasteiger partial charge is 0.481 e. The molecule has 18 heavy (non-hydrogen) atoms. The molecule has 0 radical (unpaired) electrons. The maximum Gasteiger partial charge on any atom is 0.308 e. The molecule has 2 aromatic rings. The fraction of sp³-hybridized carbons (Fsp3) is 0.286. The van der Waals surface area contributed by atoms with Gasteiger partial charge < -0.3 is 5.11 Å². The van der Waals surface area contributed by atoms with E-state index in [-0.39, 0.29) is 6.42 Å². The van der Waals surface area contributed by atoms with Crippen LogP contribution in [0, 0.1) is 6.92 Å². The van der Waals surface area contributed by atoms with Crippen molar-refractivity contribution >= 4 is 17.3 Å². The summed E-state index contributed by atoms with van der Waals surface area (Å²) < 4.78 is 0. The zero-order chi connectivity index (χ0) is 13.1. The quantitative estimate of drug-likeness (QED) is 0.918. The van der Waals surface area contributed by atoms with Crippen molar-refractivity contribution in [2.45, 2.75) is 26.7 Å². The molecule has 1 aromatic heterocycles. The summed E-state index contributed by atoms with van der Waals surface area (Å²) in [4.78, 5) is 16.2. The zero-order valence-electron chi connectivity index (χ0n) is 10.4. The molecule has 4 heteroatoms. The fourth-order valence-corrected chi connectivity index (χ4v) is 2.97. The Morgan fingerprint density at radius 2 is 2.22 bits per heavy atom. The number of hydrogen-bond donors (Lipinski definition) is 1. The predicted molar refractivity (Wildman–Crippen MR) is 73.0 cm³/mol. The molecule has 0 aliphatic rings. The Bertz CT molecular complexity index is 575. The van der Waals surface area contributed by atoms with Crippen molar-refractivity contribution in [1.29, 1.82) is 0 Å². The fourth-order valence-electron chi connectivity index (χ4n) is 1.84. The van der Waals surface area contributed by atoms with E-state index in [0.717, 1.165) is 27.6 Å². The molecular formula is C14H15NO2S. The highest BCUT2D eigenvalue weighted by atomic mass is 32.1. The molecule has 0 unspecified atom stereocenters. The number of carbonyl (C=O) groups is 1. The highest BCUT2D eigenvalue weighted by Crippen LogP contribution is 2.29. The molecule has 0 saturated heterocycles. The molecule has 2 rings (SSSR count). The second-order valence-corrected chi connectivity index (χ2v) is 5.27. The van der Waals surface area contributed by atoms with Crippen molar-refractivity contribution in [2.75, 3.05) is 0 Å². The Balaban J connectivity index is 2.40. The monoisotopic (exact) mass is 261 g/mol. The van der Waals surface area contributed by atoms with E-state index in [2.05, 4.69) is 11.1 Å². The van der Waals surface area contributed by atoms with Crippen molar-refractivity contribution in [3.05, 3.63) is 40.4 Å². The lowest BCUT2D eigenvalue weighted by Crippen LogP contribution is -2.00. The summed E-state index contributed by atoms with van der Waals surface area (Å²) in [5.74, 6) is -0.802. The first-order chi connectivity index (χ1) is 8.60. The van der Waals surface area contributed by atoms with E-state index in [1.165, 1.54) is 16.9 Å². The summed E-state index contributed by atoms with van der Waals surface area (Å²) in [6, 6.07) is 8.11. The van der Waals surface area contributed by atoms with Crippen LogP contribution in [-0.2, 0) is 17.6 Å². The van der Waals surface area contributed by atoms with Gasteiger partial charge in [0.25, 0.3) is 0 Å². The van der Waals surface area contributed by atoms with Crippen molar-refractivity contribution in [1.82, 2.24) is 4.98 Å². The van der Waals surface area contributed by atoms with Crippen LogP contribution < -0.4 is 0 Å². The molecule has 94 valence electrons. The van der Waals surface area contributed by atoms with Crippen LogP contribution in [0.3, 0.4) is 0 Å². The van der Waals surface area contributed by atoms with Gasteiger partial charge in [0.2, 0.25) is 0 Å². The third-order valence-electron chi connectivity index (χ3n) is 2.69. The Kier molecular flexibility index (Phi) is 3.77. The topological polar surface area (TPSA) is 50.2 Å². The summed E-state index contributed by atoms with van der Waals surface area (Å²) in [6.07, 6.45) is 0.831. The SMILES string of the molecule is CCc1nc(-c2cccc(C)c2)sc1CC(=O)O. The van der Waals surface area contributed by atoms with E-state index in [9.17, 15) is 4.79 Å². The normalized spacial score (nSPS) is 10.6. The first-order valence-electron chi connectivity index (χ1n) is 5.87. The molecular weight excluding hydrogens is 246 g/mol. The van der Waals surface area contributed by atoms with Crippen LogP contribution in [0.15, 0.2) is 24.3 Å². The van der Waals surface area contributed by atoms with Gasteiger partial charge in [-0.1, -0.05) is 30.7 Å². The molecule has 0 saturated carbocycles. The molecule has 0 aliphatic heterocycles. The van der Waals surface area contributed by atoms with Gasteiger partial charge >= 0.3 is 5.97 Å². The number of benzene rings is 1. The van der Waals surface area contributed by atoms with Crippen molar-refractivity contribution in [2.24, 2.45) is 0 Å². The van der Waals surface area contributed by atoms with Gasteiger partial charge in [-0.2, -0.15) is 0 Å². The van der Waals surface area contributed by atoms with Crippen LogP contribution in [0.1, 0.15) is 23.1 Å². The number of hydrogen-bond acceptors (Lipinski definition) is 3. The smallest absolute Gasteiger partial charge is 0.308 e. The Morgan fingerprint density at radius 1 is 1.44 bits per heavy atom. The van der Waals surface area contributed by atoms with Gasteiger partial charge in [-0.15, -0.1) is 11.3 Å². The minimum absolute atomic E-state index is 0.0622. The van der Waals surface area contributed by atoms with Crippen LogP contribution in [0.5, 0.6) is 0 Å². The van der Waals surface area contributed by atoms with E-state index in [0.29, 0.717) is 0 Å². The lowest BCUT2D eigenvalue weighted by atomic mass is 10.1. The second kappa shape index (κ2) is 5.31. The minimum atomic E-state index is -0.802. The lowest BCUT2D eigenvalue weighted by molar-refractivity contribution is -0.136. The standard InChI is InChI=1S/C14H15NO2S/c1-3-11-12(8-13(16)17)18-14(15-11)10-6-4-5-9(2)7-10/h4-7H,3,8H2,1-2H3,(H,16,17). The van der Waals surface area contributed by atoms with E-state index < -0.39 is 5.97 Å². The van der Waals surface area contributed by atoms with Gasteiger partial charge in [0, 0.05) is 10.4 Å². The average molecular weight is 261 g/mol. The molecule has 0 amide bonds. The number of carboxylic acid groups (broad SMARTS) is 1. The van der Waals surface area contributed by atoms with Crippen LogP contribution in [0.2, 0.25) is 0 Å². The van der Waals surface area contributed by atoms with E-state index in [1.807, 2.05) is 32.0 Å². The molecule has 1 heterocycles. The second-order valence-electron chi connectivity index (χ2n) is 4.18. The van der Waals surface area contributed by atoms with E-state index in [4.69, 9.17) is 5.11 Å². The minimum Gasteiger partial charge on any atom is -0.481 e. The molecule has 0 atom stereocenters. The molecule has 3 nitrogen and oxygen atoms in total. The molecule has 1 N–H and O–H groups in total. The Morgan fingerprint density at radius 3 is 2.83 bits per heavy atom. The summed E-state index contributed by atoms with van der Waals surface area (Å²) in [5, 5.41) is 9.80. The van der Waals surface area contributed by atoms with Crippen LogP contribution >= 0.6 is 11.3 Å². The Hall–Kier alpha value is -1.68. The number of aromatic nitrogens is 1. The molecule has 0 spiro atoms. The number of thiazole rings is 1. The van der Waals surface area contributed by atoms with Gasteiger partial charge in [-0.05, 0) is 19.4 Å². The molecule has 0 bridgehead atoms. The number of aryl methyl sites for hydroxylation is 2. The van der Waals surface area contributed by atoms with Gasteiger partial charge in [0.15, 0.2) is 0 Å². The molecule has 0 aliphatic carbocycles. The summed E-state index contributed by atoms with van der Waals surface area (Å²) in [5.41, 5.74) is 3.14. The van der Waals surface area contributed by atoms with Gasteiger partial charge in [-0.25, -0.2) is 4.98 Å². The van der Waals surface area contributed by atoms with Gasteiger partial charge in [0.05, 0.1) is 12.1 Å². The van der Waals surface area contributed by atoms with E-state index >= 15 is 0 Å². The predicted octanol–water partition coefficient (Wildman–Crippen LogP) is 3.31. The number of rotatable bonds is 4. The van der Waals surface area contributed by atoms with Gasteiger partial charge in [-0.3, -0.25) is 4.79 Å². The third-order valence-corrected chi connectivity index (χ3v) is 3.84. The average Bonchev–Trinajstić information content (AvgIpc) is 2.71. The molecule has 0 fully saturated rings. The lowest BCUT2D eigenvalue weighted by Gasteiger charge is -1.97. The molecule has 1 aromatic carbocycles. The third kappa shape index (κ3) is 2.76. The van der Waals surface area contributed by atoms with Crippen LogP contribution in [-0.4, -0.2) is 16.1 Å². The van der Waals surface area contributed by atoms with Gasteiger partial charge in [0.1, 0.15) is 5.01 Å². The van der Waals surface area contributed by atoms with Crippen molar-refractivity contribution in [3.63, 3.8) is 0 Å². The van der Waals surface area contributed by atoms with E-state index in [1.54, 1.807) is 0 Å². The highest BCUT2D eigenvalue weighted by Gasteiger charge is 2.13. The number of carboxylic acids is 1. The van der Waals surface area contributed by atoms with Crippen LogP contribution in [0.25, 0.3) is 10.6 Å². The highest BCUT2D eigenvalue weighted by molar-refractivity contribution is 7.15. The Labute approximate surface area is 110 Å². The summed E-state index contributed by atoms with van der Waals surface area (Å²) in [7, 11) is 0. The zero-order valence-corrected chi connectivity index (χ0v) is 11.3. The first kappa shape index (κ1) is 12.8. The van der Waals surface area contributed by atoms with Crippen molar-refractivity contribution in [3.8, 4) is 10.6 Å². The summed E-state index contributed by atoms with van der Waals surface area (Å²) >= 11 is 1.48. The van der Waals surface area contributed by atoms with Crippen LogP contribution in [0.4, 0.5) is 0 Å².